The molecule has 0 atom stereocenters. The van der Waals surface area contributed by atoms with Crippen molar-refractivity contribution >= 4 is 5.97 Å². The maximum Gasteiger partial charge on any atom is 0.491 e. The first-order chi connectivity index (χ1) is 6.00. The van der Waals surface area contributed by atoms with E-state index in [-0.39, 0.29) is 5.75 Å². The van der Waals surface area contributed by atoms with Crippen molar-refractivity contribution in [3.8, 4) is 5.75 Å². The monoisotopic (exact) mass is 189 g/mol. The fraction of sp³-hybridized carbons (Fsp3) is 0.125. The fourth-order valence-electron chi connectivity index (χ4n) is 0.605. The van der Waals surface area contributed by atoms with Crippen LogP contribution in [0.4, 0.5) is 13.2 Å². The molecule has 5 heteroatoms. The van der Waals surface area contributed by atoms with Crippen molar-refractivity contribution in [1.82, 2.24) is 0 Å². The summed E-state index contributed by atoms with van der Waals surface area (Å²) in [6.45, 7) is 0. The van der Waals surface area contributed by atoms with Crippen LogP contribution in [0.5, 0.6) is 5.75 Å². The lowest BCUT2D eigenvalue weighted by Crippen LogP contribution is -2.27. The van der Waals surface area contributed by atoms with Gasteiger partial charge in [-0.05, 0) is 18.2 Å². The number of hydrogen-bond donors (Lipinski definition) is 0. The van der Waals surface area contributed by atoms with E-state index >= 15 is 0 Å². The number of hydrogen-bond acceptors (Lipinski definition) is 2. The molecule has 0 bridgehead atoms. The van der Waals surface area contributed by atoms with Crippen LogP contribution in [-0.2, 0) is 4.79 Å². The van der Waals surface area contributed by atoms with Crippen LogP contribution >= 0.6 is 0 Å². The second-order valence-corrected chi connectivity index (χ2v) is 2.12. The van der Waals surface area contributed by atoms with E-state index in [1.807, 2.05) is 0 Å². The molecule has 0 heterocycles. The average molecular weight is 189 g/mol. The molecule has 0 fully saturated rings. The highest BCUT2D eigenvalue weighted by Gasteiger charge is 2.41. The van der Waals surface area contributed by atoms with E-state index in [0.717, 1.165) is 0 Å². The van der Waals surface area contributed by atoms with E-state index in [4.69, 9.17) is 0 Å². The molecule has 1 aromatic carbocycles. The third-order valence-corrected chi connectivity index (χ3v) is 1.13. The number of benzene rings is 1. The molecular formula is C8H4F3O2. The molecule has 0 N–H and O–H groups in total. The lowest BCUT2D eigenvalue weighted by atomic mass is 10.3. The van der Waals surface area contributed by atoms with E-state index in [0.29, 0.717) is 0 Å². The first kappa shape index (κ1) is 9.57. The molecule has 69 valence electrons. The zero-order chi connectivity index (χ0) is 9.90. The highest BCUT2D eigenvalue weighted by atomic mass is 19.4. The average Bonchev–Trinajstić information content (AvgIpc) is 2.04. The molecule has 0 spiro atoms. The molecule has 0 aromatic heterocycles. The lowest BCUT2D eigenvalue weighted by molar-refractivity contribution is -0.189. The minimum absolute atomic E-state index is 0.152. The minimum atomic E-state index is -4.96. The van der Waals surface area contributed by atoms with Gasteiger partial charge in [0.15, 0.2) is 0 Å². The maximum absolute atomic E-state index is 11.7. The van der Waals surface area contributed by atoms with Gasteiger partial charge in [-0.1, -0.05) is 12.1 Å². The summed E-state index contributed by atoms with van der Waals surface area (Å²) < 4.78 is 39.0. The smallest absolute Gasteiger partial charge is 0.420 e. The predicted octanol–water partition coefficient (Wildman–Crippen LogP) is 1.95. The molecule has 0 aliphatic heterocycles. The molecule has 0 aliphatic carbocycles. The molecule has 2 nitrogen and oxygen atoms in total. The largest absolute Gasteiger partial charge is 0.491 e. The van der Waals surface area contributed by atoms with E-state index in [1.54, 1.807) is 0 Å². The van der Waals surface area contributed by atoms with Crippen molar-refractivity contribution < 1.29 is 22.7 Å². The first-order valence-corrected chi connectivity index (χ1v) is 3.25. The third-order valence-electron chi connectivity index (χ3n) is 1.13. The van der Waals surface area contributed by atoms with Gasteiger partial charge in [-0.15, -0.1) is 0 Å². The summed E-state index contributed by atoms with van der Waals surface area (Å²) in [5.41, 5.74) is 0. The molecule has 1 radical (unpaired) electrons. The molecule has 0 saturated carbocycles. The second kappa shape index (κ2) is 3.47. The summed E-state index contributed by atoms with van der Waals surface area (Å²) in [6.07, 6.45) is -4.96. The van der Waals surface area contributed by atoms with Crippen LogP contribution < -0.4 is 4.74 Å². The van der Waals surface area contributed by atoms with E-state index < -0.39 is 12.1 Å². The Balaban J connectivity index is 2.66. The lowest BCUT2D eigenvalue weighted by Gasteiger charge is -2.05. The summed E-state index contributed by atoms with van der Waals surface area (Å²) in [5, 5.41) is 0. The van der Waals surface area contributed by atoms with Gasteiger partial charge >= 0.3 is 12.1 Å². The number of alkyl halides is 3. The van der Waals surface area contributed by atoms with E-state index in [2.05, 4.69) is 10.8 Å². The summed E-state index contributed by atoms with van der Waals surface area (Å²) in [7, 11) is 0. The second-order valence-electron chi connectivity index (χ2n) is 2.12. The Bertz CT molecular complexity index is 292. The number of carbonyl (C=O) groups is 1. The minimum Gasteiger partial charge on any atom is -0.420 e. The van der Waals surface area contributed by atoms with Gasteiger partial charge in [0.05, 0.1) is 0 Å². The van der Waals surface area contributed by atoms with Gasteiger partial charge in [-0.3, -0.25) is 0 Å². The van der Waals surface area contributed by atoms with Crippen molar-refractivity contribution in [2.45, 2.75) is 6.18 Å². The van der Waals surface area contributed by atoms with Crippen LogP contribution in [0, 0.1) is 6.07 Å². The topological polar surface area (TPSA) is 26.3 Å². The predicted molar refractivity (Wildman–Crippen MR) is 37.0 cm³/mol. The van der Waals surface area contributed by atoms with Gasteiger partial charge < -0.3 is 4.74 Å². The first-order valence-electron chi connectivity index (χ1n) is 3.25. The molecule has 1 aromatic rings. The van der Waals surface area contributed by atoms with Crippen molar-refractivity contribution in [1.29, 1.82) is 0 Å². The number of ether oxygens (including phenoxy) is 1. The van der Waals surface area contributed by atoms with Crippen molar-refractivity contribution in [3.63, 3.8) is 0 Å². The van der Waals surface area contributed by atoms with Crippen molar-refractivity contribution in [2.75, 3.05) is 0 Å². The van der Waals surface area contributed by atoms with Gasteiger partial charge in [0.1, 0.15) is 5.75 Å². The summed E-state index contributed by atoms with van der Waals surface area (Å²) in [5.74, 6) is -2.38. The Kier molecular flexibility index (Phi) is 2.55. The molecule has 13 heavy (non-hydrogen) atoms. The van der Waals surface area contributed by atoms with E-state index in [9.17, 15) is 18.0 Å². The fourth-order valence-corrected chi connectivity index (χ4v) is 0.605. The zero-order valence-electron chi connectivity index (χ0n) is 6.26. The SMILES string of the molecule is O=C(Oc1cc[c]cc1)C(F)(F)F. The standard InChI is InChI=1S/C8H4F3O2/c9-8(10,11)7(12)13-6-4-2-1-3-5-6/h2-5H. The molecule has 0 aliphatic rings. The van der Waals surface area contributed by atoms with Gasteiger partial charge in [0.25, 0.3) is 0 Å². The zero-order valence-corrected chi connectivity index (χ0v) is 6.26. The van der Waals surface area contributed by atoms with Crippen LogP contribution in [0.15, 0.2) is 24.3 Å². The van der Waals surface area contributed by atoms with Crippen LogP contribution in [0.3, 0.4) is 0 Å². The van der Waals surface area contributed by atoms with Gasteiger partial charge in [-0.25, -0.2) is 4.79 Å². The van der Waals surface area contributed by atoms with Gasteiger partial charge in [-0.2, -0.15) is 13.2 Å². The maximum atomic E-state index is 11.7. The molecule has 1 rings (SSSR count). The highest BCUT2D eigenvalue weighted by Crippen LogP contribution is 2.19. The Morgan fingerprint density at radius 3 is 2.31 bits per heavy atom. The van der Waals surface area contributed by atoms with Crippen LogP contribution in [0.1, 0.15) is 0 Å². The van der Waals surface area contributed by atoms with E-state index in [1.165, 1.54) is 24.3 Å². The van der Waals surface area contributed by atoms with Crippen molar-refractivity contribution in [3.05, 3.63) is 30.3 Å². The van der Waals surface area contributed by atoms with Crippen LogP contribution in [0.2, 0.25) is 0 Å². The van der Waals surface area contributed by atoms with Gasteiger partial charge in [0, 0.05) is 0 Å². The Hall–Kier alpha value is -1.52. The molecular weight excluding hydrogens is 185 g/mol. The van der Waals surface area contributed by atoms with Gasteiger partial charge in [0.2, 0.25) is 0 Å². The molecule has 0 amide bonds. The third kappa shape index (κ3) is 2.77. The van der Waals surface area contributed by atoms with Crippen LogP contribution in [-0.4, -0.2) is 12.1 Å². The Morgan fingerprint density at radius 1 is 1.31 bits per heavy atom. The number of rotatable bonds is 1. The Labute approximate surface area is 71.9 Å². The highest BCUT2D eigenvalue weighted by molar-refractivity contribution is 5.78. The molecule has 0 saturated heterocycles. The summed E-state index contributed by atoms with van der Waals surface area (Å²) >= 11 is 0. The number of carbonyl (C=O) groups excluding carboxylic acids is 1. The summed E-state index contributed by atoms with van der Waals surface area (Å²) in [6, 6.07) is 7.69. The number of halogens is 3. The van der Waals surface area contributed by atoms with Crippen LogP contribution in [0.25, 0.3) is 0 Å². The normalized spacial score (nSPS) is 11.0. The van der Waals surface area contributed by atoms with Crippen molar-refractivity contribution in [2.24, 2.45) is 0 Å². The Morgan fingerprint density at radius 2 is 1.85 bits per heavy atom. The molecule has 0 unspecified atom stereocenters. The summed E-state index contributed by atoms with van der Waals surface area (Å²) in [4.78, 5) is 10.3. The quantitative estimate of drug-likeness (QED) is 0.498. The number of esters is 1.